The third kappa shape index (κ3) is 3.36. The first-order valence-electron chi connectivity index (χ1n) is 7.80. The number of hydrogen-bond acceptors (Lipinski definition) is 3. The summed E-state index contributed by atoms with van der Waals surface area (Å²) in [6, 6.07) is 6.23. The molecule has 0 saturated heterocycles. The van der Waals surface area contributed by atoms with Gasteiger partial charge in [-0.05, 0) is 59.7 Å². The Morgan fingerprint density at radius 3 is 2.45 bits per heavy atom. The van der Waals surface area contributed by atoms with Crippen LogP contribution in [0.3, 0.4) is 0 Å². The van der Waals surface area contributed by atoms with Gasteiger partial charge in [0.2, 0.25) is 5.91 Å². The molecule has 0 saturated carbocycles. The van der Waals surface area contributed by atoms with Crippen molar-refractivity contribution in [2.45, 2.75) is 65.3 Å². The molecule has 0 radical (unpaired) electrons. The number of carbonyl (C=O) groups is 1. The van der Waals surface area contributed by atoms with Crippen LogP contribution in [0.2, 0.25) is 0 Å². The Labute approximate surface area is 141 Å². The largest absolute Gasteiger partial charge is 0.324 e. The number of rotatable bonds is 5. The highest BCUT2D eigenvalue weighted by molar-refractivity contribution is 9.10. The van der Waals surface area contributed by atoms with Crippen LogP contribution in [0.4, 0.5) is 5.69 Å². The van der Waals surface area contributed by atoms with E-state index in [0.29, 0.717) is 6.04 Å². The number of nitrogens with one attached hydrogen (secondary N) is 2. The molecule has 1 aliphatic rings. The van der Waals surface area contributed by atoms with Gasteiger partial charge in [-0.15, -0.1) is 0 Å². The maximum Gasteiger partial charge on any atom is 0.246 e. The first-order chi connectivity index (χ1) is 10.1. The lowest BCUT2D eigenvalue weighted by Gasteiger charge is -2.46. The van der Waals surface area contributed by atoms with E-state index in [4.69, 9.17) is 0 Å². The predicted octanol–water partition coefficient (Wildman–Crippen LogP) is 3.89. The van der Waals surface area contributed by atoms with Gasteiger partial charge in [0, 0.05) is 27.8 Å². The van der Waals surface area contributed by atoms with Crippen molar-refractivity contribution in [3.63, 3.8) is 0 Å². The van der Waals surface area contributed by atoms with Crippen molar-refractivity contribution in [1.82, 2.24) is 10.2 Å². The van der Waals surface area contributed by atoms with E-state index < -0.39 is 0 Å². The van der Waals surface area contributed by atoms with Crippen LogP contribution in [0.25, 0.3) is 0 Å². The summed E-state index contributed by atoms with van der Waals surface area (Å²) in [5.41, 5.74) is 1.64. The number of halogens is 1. The van der Waals surface area contributed by atoms with E-state index in [9.17, 15) is 4.79 Å². The van der Waals surface area contributed by atoms with Crippen LogP contribution in [0.15, 0.2) is 22.7 Å². The lowest BCUT2D eigenvalue weighted by Crippen LogP contribution is -2.60. The highest BCUT2D eigenvalue weighted by Crippen LogP contribution is 2.40. The van der Waals surface area contributed by atoms with Gasteiger partial charge in [0.1, 0.15) is 6.04 Å². The summed E-state index contributed by atoms with van der Waals surface area (Å²) in [5.74, 6) is 0.0421. The van der Waals surface area contributed by atoms with Gasteiger partial charge in [0.05, 0.1) is 5.66 Å². The molecule has 0 bridgehead atoms. The molecular formula is C17H26BrN3O. The van der Waals surface area contributed by atoms with Crippen molar-refractivity contribution in [2.75, 3.05) is 5.32 Å². The van der Waals surface area contributed by atoms with E-state index in [-0.39, 0.29) is 23.7 Å². The summed E-state index contributed by atoms with van der Waals surface area (Å²) in [5, 5.41) is 6.58. The van der Waals surface area contributed by atoms with E-state index in [0.717, 1.165) is 15.7 Å². The molecule has 1 amide bonds. The quantitative estimate of drug-likeness (QED) is 0.775. The van der Waals surface area contributed by atoms with Crippen molar-refractivity contribution >= 4 is 27.5 Å². The first kappa shape index (κ1) is 17.4. The zero-order valence-electron chi connectivity index (χ0n) is 14.2. The zero-order valence-corrected chi connectivity index (χ0v) is 15.8. The maximum atomic E-state index is 12.6. The van der Waals surface area contributed by atoms with Gasteiger partial charge >= 0.3 is 0 Å². The van der Waals surface area contributed by atoms with Crippen LogP contribution in [-0.2, 0) is 4.79 Å². The van der Waals surface area contributed by atoms with Gasteiger partial charge in [-0.3, -0.25) is 15.0 Å². The average molecular weight is 368 g/mol. The molecule has 0 fully saturated rings. The van der Waals surface area contributed by atoms with Crippen LogP contribution in [-0.4, -0.2) is 28.6 Å². The summed E-state index contributed by atoms with van der Waals surface area (Å²) in [4.78, 5) is 14.9. The van der Waals surface area contributed by atoms with Crippen molar-refractivity contribution in [3.8, 4) is 0 Å². The van der Waals surface area contributed by atoms with Crippen molar-refractivity contribution in [3.05, 3.63) is 28.2 Å². The highest BCUT2D eigenvalue weighted by atomic mass is 79.9. The molecule has 122 valence electrons. The molecule has 1 unspecified atom stereocenters. The zero-order chi connectivity index (χ0) is 16.7. The minimum atomic E-state index is -0.297. The first-order valence-corrected chi connectivity index (χ1v) is 8.59. The molecule has 1 atom stereocenters. The summed E-state index contributed by atoms with van der Waals surface area (Å²) >= 11 is 3.52. The second kappa shape index (κ2) is 6.30. The lowest BCUT2D eigenvalue weighted by molar-refractivity contribution is -0.125. The third-order valence-corrected chi connectivity index (χ3v) is 4.43. The van der Waals surface area contributed by atoms with E-state index in [1.807, 2.05) is 18.2 Å². The molecule has 1 aromatic rings. The van der Waals surface area contributed by atoms with E-state index in [2.05, 4.69) is 73.0 Å². The number of fused-ring (bicyclic) bond motifs is 1. The minimum absolute atomic E-state index is 0.0421. The second-order valence-electron chi connectivity index (χ2n) is 6.98. The monoisotopic (exact) mass is 367 g/mol. The fourth-order valence-corrected chi connectivity index (χ4v) is 3.92. The van der Waals surface area contributed by atoms with E-state index in [1.54, 1.807) is 0 Å². The number of hydrogen-bond donors (Lipinski definition) is 2. The molecule has 2 rings (SSSR count). The standard InChI is InChI=1S/C17H26BrN3O/c1-10(2)20-17(5,6)21(11(3)4)15-13-9-12(18)7-8-14(13)19-16(15)22/h7-11,15,20H,1-6H3,(H,19,22). The fraction of sp³-hybridized carbons (Fsp3) is 0.588. The van der Waals surface area contributed by atoms with Crippen LogP contribution >= 0.6 is 15.9 Å². The molecule has 5 heteroatoms. The van der Waals surface area contributed by atoms with Crippen LogP contribution in [0.5, 0.6) is 0 Å². The number of anilines is 1. The maximum absolute atomic E-state index is 12.6. The molecular weight excluding hydrogens is 342 g/mol. The highest BCUT2D eigenvalue weighted by Gasteiger charge is 2.43. The topological polar surface area (TPSA) is 44.4 Å². The summed E-state index contributed by atoms with van der Waals surface area (Å²) in [6.45, 7) is 12.8. The van der Waals surface area contributed by atoms with E-state index in [1.165, 1.54) is 0 Å². The molecule has 1 heterocycles. The Hall–Kier alpha value is -0.910. The predicted molar refractivity (Wildman–Crippen MR) is 94.8 cm³/mol. The molecule has 1 aliphatic heterocycles. The van der Waals surface area contributed by atoms with Crippen molar-refractivity contribution < 1.29 is 4.79 Å². The van der Waals surface area contributed by atoms with Gasteiger partial charge in [-0.2, -0.15) is 0 Å². The molecule has 4 nitrogen and oxygen atoms in total. The SMILES string of the molecule is CC(C)NC(C)(C)N(C(C)C)C1C(=O)Nc2ccc(Br)cc21. The van der Waals surface area contributed by atoms with Crippen LogP contribution in [0, 0.1) is 0 Å². The normalized spacial score (nSPS) is 18.3. The van der Waals surface area contributed by atoms with Crippen molar-refractivity contribution in [1.29, 1.82) is 0 Å². The lowest BCUT2D eigenvalue weighted by atomic mass is 10.00. The van der Waals surface area contributed by atoms with Crippen LogP contribution in [0.1, 0.15) is 53.1 Å². The second-order valence-corrected chi connectivity index (χ2v) is 7.90. The summed E-state index contributed by atoms with van der Waals surface area (Å²) in [6.07, 6.45) is 0. The summed E-state index contributed by atoms with van der Waals surface area (Å²) in [7, 11) is 0. The number of amides is 1. The fourth-order valence-electron chi connectivity index (χ4n) is 3.54. The molecule has 1 aromatic carbocycles. The Balaban J connectivity index is 2.46. The number of benzene rings is 1. The van der Waals surface area contributed by atoms with Gasteiger partial charge < -0.3 is 5.32 Å². The molecule has 22 heavy (non-hydrogen) atoms. The van der Waals surface area contributed by atoms with Gasteiger partial charge in [0.25, 0.3) is 0 Å². The van der Waals surface area contributed by atoms with Crippen LogP contribution < -0.4 is 10.6 Å². The molecule has 2 N–H and O–H groups in total. The van der Waals surface area contributed by atoms with Gasteiger partial charge in [-0.25, -0.2) is 0 Å². The summed E-state index contributed by atoms with van der Waals surface area (Å²) < 4.78 is 0.992. The molecule has 0 aliphatic carbocycles. The van der Waals surface area contributed by atoms with E-state index >= 15 is 0 Å². The average Bonchev–Trinajstić information content (AvgIpc) is 2.64. The molecule has 0 aromatic heterocycles. The van der Waals surface area contributed by atoms with Crippen molar-refractivity contribution in [2.24, 2.45) is 0 Å². The third-order valence-electron chi connectivity index (χ3n) is 3.94. The Kier molecular flexibility index (Phi) is 5.00. The number of carbonyl (C=O) groups excluding carboxylic acids is 1. The minimum Gasteiger partial charge on any atom is -0.324 e. The Morgan fingerprint density at radius 2 is 1.91 bits per heavy atom. The molecule has 0 spiro atoms. The number of nitrogens with zero attached hydrogens (tertiary/aromatic N) is 1. The Bertz CT molecular complexity index is 569. The van der Waals surface area contributed by atoms with Gasteiger partial charge in [0.15, 0.2) is 0 Å². The smallest absolute Gasteiger partial charge is 0.246 e. The Morgan fingerprint density at radius 1 is 1.27 bits per heavy atom. The van der Waals surface area contributed by atoms with Gasteiger partial charge in [-0.1, -0.05) is 15.9 Å².